The maximum Gasteiger partial charge on any atom is 0.0416 e. The van der Waals surface area contributed by atoms with Crippen molar-refractivity contribution in [2.45, 2.75) is 6.54 Å². The first kappa shape index (κ1) is 10.3. The Labute approximate surface area is 94.3 Å². The number of hydrogen-bond acceptors (Lipinski definition) is 4. The lowest BCUT2D eigenvalue weighted by atomic mass is 10.2. The monoisotopic (exact) mass is 214 g/mol. The molecule has 0 saturated heterocycles. The molecule has 0 amide bonds. The van der Waals surface area contributed by atoms with Crippen LogP contribution in [0.15, 0.2) is 42.7 Å². The highest BCUT2D eigenvalue weighted by Gasteiger charge is 1.96. The van der Waals surface area contributed by atoms with E-state index in [0.717, 1.165) is 11.3 Å². The second kappa shape index (κ2) is 4.53. The minimum atomic E-state index is 0.661. The van der Waals surface area contributed by atoms with Gasteiger partial charge in [0.25, 0.3) is 0 Å². The molecule has 0 spiro atoms. The molecule has 2 rings (SSSR count). The summed E-state index contributed by atoms with van der Waals surface area (Å²) in [7, 11) is 0. The number of nitrogen functional groups attached to an aromatic ring is 2. The van der Waals surface area contributed by atoms with Crippen molar-refractivity contribution in [2.24, 2.45) is 0 Å². The van der Waals surface area contributed by atoms with Crippen LogP contribution in [0.25, 0.3) is 0 Å². The van der Waals surface area contributed by atoms with Crippen molar-refractivity contribution in [2.75, 3.05) is 16.8 Å². The van der Waals surface area contributed by atoms with Gasteiger partial charge in [0.2, 0.25) is 0 Å². The molecule has 4 nitrogen and oxygen atoms in total. The summed E-state index contributed by atoms with van der Waals surface area (Å²) in [5, 5.41) is 3.24. The Morgan fingerprint density at radius 1 is 1.12 bits per heavy atom. The van der Waals surface area contributed by atoms with Crippen LogP contribution in [0.4, 0.5) is 17.1 Å². The SMILES string of the molecule is Nc1cc(N)cc(NCc2cccnc2)c1. The number of aromatic nitrogens is 1. The van der Waals surface area contributed by atoms with E-state index in [-0.39, 0.29) is 0 Å². The molecule has 0 unspecified atom stereocenters. The van der Waals surface area contributed by atoms with Crippen molar-refractivity contribution < 1.29 is 0 Å². The van der Waals surface area contributed by atoms with E-state index in [1.54, 1.807) is 12.3 Å². The average molecular weight is 214 g/mol. The molecule has 0 saturated carbocycles. The maximum atomic E-state index is 5.70. The molecule has 0 atom stereocenters. The fourth-order valence-electron chi connectivity index (χ4n) is 1.49. The number of anilines is 3. The summed E-state index contributed by atoms with van der Waals surface area (Å²) in [5.41, 5.74) is 14.7. The Morgan fingerprint density at radius 2 is 1.88 bits per heavy atom. The van der Waals surface area contributed by atoms with E-state index in [1.165, 1.54) is 0 Å². The molecule has 0 radical (unpaired) electrons. The van der Waals surface area contributed by atoms with Gasteiger partial charge in [0.1, 0.15) is 0 Å². The molecule has 0 fully saturated rings. The highest BCUT2D eigenvalue weighted by atomic mass is 14.9. The topological polar surface area (TPSA) is 77.0 Å². The molecule has 1 heterocycles. The molecule has 1 aromatic heterocycles. The Hall–Kier alpha value is -2.23. The number of nitrogens with one attached hydrogen (secondary N) is 1. The van der Waals surface area contributed by atoms with Crippen LogP contribution in [0.3, 0.4) is 0 Å². The Kier molecular flexibility index (Phi) is 2.91. The zero-order valence-electron chi connectivity index (χ0n) is 8.85. The third kappa shape index (κ3) is 2.63. The van der Waals surface area contributed by atoms with Gasteiger partial charge in [0, 0.05) is 36.0 Å². The number of benzene rings is 1. The van der Waals surface area contributed by atoms with Gasteiger partial charge in [0.15, 0.2) is 0 Å². The molecule has 1 aromatic carbocycles. The quantitative estimate of drug-likeness (QED) is 0.681. The zero-order chi connectivity index (χ0) is 11.4. The minimum absolute atomic E-state index is 0.661. The van der Waals surface area contributed by atoms with E-state index in [4.69, 9.17) is 11.5 Å². The first-order chi connectivity index (χ1) is 7.74. The van der Waals surface area contributed by atoms with E-state index < -0.39 is 0 Å². The van der Waals surface area contributed by atoms with Crippen LogP contribution in [-0.2, 0) is 6.54 Å². The van der Waals surface area contributed by atoms with Gasteiger partial charge in [-0.25, -0.2) is 0 Å². The zero-order valence-corrected chi connectivity index (χ0v) is 8.85. The standard InChI is InChI=1S/C12H14N4/c13-10-4-11(14)6-12(5-10)16-8-9-2-1-3-15-7-9/h1-7,16H,8,13-14H2. The van der Waals surface area contributed by atoms with Crippen molar-refractivity contribution >= 4 is 17.1 Å². The second-order valence-corrected chi connectivity index (χ2v) is 3.60. The summed E-state index contributed by atoms with van der Waals surface area (Å²) in [6.07, 6.45) is 3.57. The van der Waals surface area contributed by atoms with E-state index in [9.17, 15) is 0 Å². The molecule has 0 aliphatic carbocycles. The normalized spacial score (nSPS) is 10.0. The summed E-state index contributed by atoms with van der Waals surface area (Å²) in [6, 6.07) is 9.36. The third-order valence-electron chi connectivity index (χ3n) is 2.20. The third-order valence-corrected chi connectivity index (χ3v) is 2.20. The van der Waals surface area contributed by atoms with E-state index in [0.29, 0.717) is 17.9 Å². The van der Waals surface area contributed by atoms with Crippen molar-refractivity contribution in [1.29, 1.82) is 0 Å². The summed E-state index contributed by atoms with van der Waals surface area (Å²) in [5.74, 6) is 0. The van der Waals surface area contributed by atoms with E-state index in [2.05, 4.69) is 10.3 Å². The highest BCUT2D eigenvalue weighted by Crippen LogP contribution is 2.18. The lowest BCUT2D eigenvalue weighted by Crippen LogP contribution is -2.01. The smallest absolute Gasteiger partial charge is 0.0416 e. The van der Waals surface area contributed by atoms with Crippen molar-refractivity contribution in [3.05, 3.63) is 48.3 Å². The van der Waals surface area contributed by atoms with Crippen LogP contribution in [0.5, 0.6) is 0 Å². The van der Waals surface area contributed by atoms with Crippen LogP contribution >= 0.6 is 0 Å². The fraction of sp³-hybridized carbons (Fsp3) is 0.0833. The Morgan fingerprint density at radius 3 is 2.50 bits per heavy atom. The molecule has 0 bridgehead atoms. The molecular weight excluding hydrogens is 200 g/mol. The van der Waals surface area contributed by atoms with Gasteiger partial charge >= 0.3 is 0 Å². The van der Waals surface area contributed by atoms with Crippen molar-refractivity contribution in [1.82, 2.24) is 4.98 Å². The van der Waals surface area contributed by atoms with Crippen LogP contribution in [0, 0.1) is 0 Å². The number of hydrogen-bond donors (Lipinski definition) is 3. The largest absolute Gasteiger partial charge is 0.399 e. The van der Waals surface area contributed by atoms with Crippen LogP contribution in [-0.4, -0.2) is 4.98 Å². The summed E-state index contributed by atoms with van der Waals surface area (Å²) in [6.45, 7) is 0.705. The molecule has 82 valence electrons. The Balaban J connectivity index is 2.05. The van der Waals surface area contributed by atoms with Crippen LogP contribution < -0.4 is 16.8 Å². The first-order valence-electron chi connectivity index (χ1n) is 5.03. The van der Waals surface area contributed by atoms with Crippen molar-refractivity contribution in [3.8, 4) is 0 Å². The summed E-state index contributed by atoms with van der Waals surface area (Å²) >= 11 is 0. The molecule has 5 N–H and O–H groups in total. The van der Waals surface area contributed by atoms with Gasteiger partial charge in [-0.3, -0.25) is 4.98 Å². The highest BCUT2D eigenvalue weighted by molar-refractivity contribution is 5.63. The molecular formula is C12H14N4. The van der Waals surface area contributed by atoms with Gasteiger partial charge in [0.05, 0.1) is 0 Å². The number of nitrogens with zero attached hydrogens (tertiary/aromatic N) is 1. The number of nitrogens with two attached hydrogens (primary N) is 2. The van der Waals surface area contributed by atoms with Gasteiger partial charge in [-0.05, 0) is 29.8 Å². The lowest BCUT2D eigenvalue weighted by Gasteiger charge is -2.08. The Bertz CT molecular complexity index is 447. The second-order valence-electron chi connectivity index (χ2n) is 3.60. The van der Waals surface area contributed by atoms with Gasteiger partial charge in [-0.15, -0.1) is 0 Å². The number of rotatable bonds is 3. The predicted molar refractivity (Wildman–Crippen MR) is 66.8 cm³/mol. The molecule has 0 aliphatic rings. The van der Waals surface area contributed by atoms with Gasteiger partial charge < -0.3 is 16.8 Å². The van der Waals surface area contributed by atoms with Crippen molar-refractivity contribution in [3.63, 3.8) is 0 Å². The summed E-state index contributed by atoms with van der Waals surface area (Å²) in [4.78, 5) is 4.04. The first-order valence-corrected chi connectivity index (χ1v) is 5.03. The number of pyridine rings is 1. The molecule has 4 heteroatoms. The van der Waals surface area contributed by atoms with Gasteiger partial charge in [-0.2, -0.15) is 0 Å². The average Bonchev–Trinajstić information content (AvgIpc) is 2.27. The maximum absolute atomic E-state index is 5.70. The lowest BCUT2D eigenvalue weighted by molar-refractivity contribution is 1.11. The van der Waals surface area contributed by atoms with Gasteiger partial charge in [-0.1, -0.05) is 6.07 Å². The van der Waals surface area contributed by atoms with Crippen LogP contribution in [0.1, 0.15) is 5.56 Å². The summed E-state index contributed by atoms with van der Waals surface area (Å²) < 4.78 is 0. The predicted octanol–water partition coefficient (Wildman–Crippen LogP) is 1.86. The van der Waals surface area contributed by atoms with Crippen LogP contribution in [0.2, 0.25) is 0 Å². The minimum Gasteiger partial charge on any atom is -0.399 e. The fourth-order valence-corrected chi connectivity index (χ4v) is 1.49. The van der Waals surface area contributed by atoms with E-state index in [1.807, 2.05) is 30.5 Å². The molecule has 0 aliphatic heterocycles. The molecule has 16 heavy (non-hydrogen) atoms. The van der Waals surface area contributed by atoms with E-state index >= 15 is 0 Å². The molecule has 2 aromatic rings.